The van der Waals surface area contributed by atoms with Gasteiger partial charge in [0.2, 0.25) is 0 Å². The highest BCUT2D eigenvalue weighted by atomic mass is 35.5. The summed E-state index contributed by atoms with van der Waals surface area (Å²) in [5.41, 5.74) is 1.00. The molecule has 0 aromatic carbocycles. The summed E-state index contributed by atoms with van der Waals surface area (Å²) in [4.78, 5) is 13.3. The Morgan fingerprint density at radius 3 is 2.22 bits per heavy atom. The second-order valence-corrected chi connectivity index (χ2v) is 6.17. The molecule has 0 radical (unpaired) electrons. The van der Waals surface area contributed by atoms with E-state index in [4.69, 9.17) is 5.11 Å². The Balaban J connectivity index is 0.00000264. The van der Waals surface area contributed by atoms with Crippen molar-refractivity contribution < 1.29 is 23.1 Å². The van der Waals surface area contributed by atoms with Crippen molar-refractivity contribution in [3.05, 3.63) is 11.6 Å². The molecule has 4 nitrogen and oxygen atoms in total. The fourth-order valence-corrected chi connectivity index (χ4v) is 3.25. The number of aliphatic carboxylic acids is 1. The molecule has 0 aromatic rings. The number of allylic oxidation sites excluding steroid dienone is 1. The summed E-state index contributed by atoms with van der Waals surface area (Å²) in [6.07, 6.45) is 1.74. The molecule has 1 N–H and O–H groups in total. The molecule has 1 aliphatic carbocycles. The Kier molecular flexibility index (Phi) is 7.83. The minimum atomic E-state index is -4.21. The third kappa shape index (κ3) is 6.69. The van der Waals surface area contributed by atoms with Gasteiger partial charge in [0, 0.05) is 32.3 Å². The number of carboxylic acids is 1. The maximum absolute atomic E-state index is 12.5. The van der Waals surface area contributed by atoms with Crippen molar-refractivity contribution in [1.82, 2.24) is 9.80 Å². The third-order valence-electron chi connectivity index (χ3n) is 4.66. The zero-order valence-electron chi connectivity index (χ0n) is 13.0. The largest absolute Gasteiger partial charge is 0.478 e. The number of carboxylic acid groups (broad SMARTS) is 1. The lowest BCUT2D eigenvalue weighted by Crippen LogP contribution is -2.52. The summed E-state index contributed by atoms with van der Waals surface area (Å²) in [5, 5.41) is 8.72. The first-order chi connectivity index (χ1) is 10.3. The van der Waals surface area contributed by atoms with Gasteiger partial charge in [-0.3, -0.25) is 0 Å². The first kappa shape index (κ1) is 20.3. The molecule has 0 aromatic heterocycles. The third-order valence-corrected chi connectivity index (χ3v) is 4.66. The van der Waals surface area contributed by atoms with Crippen LogP contribution in [0.1, 0.15) is 32.1 Å². The molecule has 2 rings (SSSR count). The molecular formula is C15H24ClF3N2O2. The van der Waals surface area contributed by atoms with Gasteiger partial charge >= 0.3 is 12.3 Å². The highest BCUT2D eigenvalue weighted by Crippen LogP contribution is 2.30. The number of nitrogens with zero attached hydrogens (tertiary/aromatic N) is 2. The van der Waals surface area contributed by atoms with Gasteiger partial charge in [0.1, 0.15) is 0 Å². The van der Waals surface area contributed by atoms with Crippen molar-refractivity contribution in [2.24, 2.45) is 5.92 Å². The van der Waals surface area contributed by atoms with E-state index in [0.717, 1.165) is 44.2 Å². The second kappa shape index (κ2) is 8.89. The van der Waals surface area contributed by atoms with Gasteiger partial charge in [-0.15, -0.1) is 12.4 Å². The van der Waals surface area contributed by atoms with Crippen LogP contribution >= 0.6 is 12.4 Å². The summed E-state index contributed by atoms with van der Waals surface area (Å²) in [6.45, 7) is 1.89. The molecule has 134 valence electrons. The Morgan fingerprint density at radius 1 is 1.17 bits per heavy atom. The summed E-state index contributed by atoms with van der Waals surface area (Å²) in [7, 11) is 0. The molecule has 1 heterocycles. The quantitative estimate of drug-likeness (QED) is 0.621. The standard InChI is InChI=1S/C15H23F3N2O2.ClH/c16-15(17,18)20-9-7-19(8-10-20)6-5-12-1-3-13(4-2-12)11-14(21)22;/h11-12H,1-10H2,(H,21,22);1H. The van der Waals surface area contributed by atoms with E-state index in [-0.39, 0.29) is 25.5 Å². The highest BCUT2D eigenvalue weighted by Gasteiger charge is 2.38. The number of piperazine rings is 1. The zero-order valence-corrected chi connectivity index (χ0v) is 13.8. The molecule has 0 bridgehead atoms. The number of rotatable bonds is 4. The van der Waals surface area contributed by atoms with Gasteiger partial charge in [-0.2, -0.15) is 13.2 Å². The van der Waals surface area contributed by atoms with E-state index in [1.54, 1.807) is 0 Å². The van der Waals surface area contributed by atoms with Gasteiger partial charge in [0.25, 0.3) is 0 Å². The van der Waals surface area contributed by atoms with Crippen LogP contribution in [0.5, 0.6) is 0 Å². The van der Waals surface area contributed by atoms with Crippen LogP contribution in [-0.4, -0.2) is 59.9 Å². The smallest absolute Gasteiger partial charge is 0.460 e. The van der Waals surface area contributed by atoms with Crippen molar-refractivity contribution in [3.63, 3.8) is 0 Å². The van der Waals surface area contributed by atoms with Gasteiger partial charge in [0.15, 0.2) is 0 Å². The topological polar surface area (TPSA) is 43.8 Å². The molecule has 0 spiro atoms. The normalized spacial score (nSPS) is 24.1. The van der Waals surface area contributed by atoms with E-state index >= 15 is 0 Å². The van der Waals surface area contributed by atoms with Crippen LogP contribution in [0.4, 0.5) is 13.2 Å². The van der Waals surface area contributed by atoms with Crippen LogP contribution in [0.3, 0.4) is 0 Å². The predicted octanol–water partition coefficient (Wildman–Crippen LogP) is 3.14. The predicted molar refractivity (Wildman–Crippen MR) is 83.6 cm³/mol. The van der Waals surface area contributed by atoms with Gasteiger partial charge < -0.3 is 10.0 Å². The molecule has 1 saturated carbocycles. The fraction of sp³-hybridized carbons (Fsp3) is 0.800. The highest BCUT2D eigenvalue weighted by molar-refractivity contribution is 5.85. The van der Waals surface area contributed by atoms with E-state index in [2.05, 4.69) is 4.90 Å². The lowest BCUT2D eigenvalue weighted by molar-refractivity contribution is -0.252. The van der Waals surface area contributed by atoms with Gasteiger partial charge in [-0.05, 0) is 44.6 Å². The van der Waals surface area contributed by atoms with E-state index in [0.29, 0.717) is 23.9 Å². The molecule has 2 aliphatic rings. The molecule has 0 amide bonds. The summed E-state index contributed by atoms with van der Waals surface area (Å²) >= 11 is 0. The molecule has 1 aliphatic heterocycles. The monoisotopic (exact) mass is 356 g/mol. The summed E-state index contributed by atoms with van der Waals surface area (Å²) < 4.78 is 37.6. The molecular weight excluding hydrogens is 333 g/mol. The van der Waals surface area contributed by atoms with Crippen LogP contribution in [-0.2, 0) is 4.79 Å². The van der Waals surface area contributed by atoms with Crippen LogP contribution in [0, 0.1) is 5.92 Å². The second-order valence-electron chi connectivity index (χ2n) is 6.17. The van der Waals surface area contributed by atoms with E-state index in [1.807, 2.05) is 0 Å². The van der Waals surface area contributed by atoms with Crippen LogP contribution in [0.25, 0.3) is 0 Å². The summed E-state index contributed by atoms with van der Waals surface area (Å²) in [5.74, 6) is -0.317. The molecule has 0 atom stereocenters. The number of halogens is 4. The van der Waals surface area contributed by atoms with E-state index in [1.165, 1.54) is 6.08 Å². The van der Waals surface area contributed by atoms with E-state index in [9.17, 15) is 18.0 Å². The maximum Gasteiger partial charge on any atom is 0.460 e. The van der Waals surface area contributed by atoms with Gasteiger partial charge in [-0.25, -0.2) is 9.69 Å². The minimum Gasteiger partial charge on any atom is -0.478 e. The molecule has 0 unspecified atom stereocenters. The number of carbonyl (C=O) groups is 1. The van der Waals surface area contributed by atoms with Crippen molar-refractivity contribution in [1.29, 1.82) is 0 Å². The minimum absolute atomic E-state index is 0. The van der Waals surface area contributed by atoms with Gasteiger partial charge in [0.05, 0.1) is 0 Å². The van der Waals surface area contributed by atoms with Crippen LogP contribution in [0.15, 0.2) is 11.6 Å². The van der Waals surface area contributed by atoms with Crippen molar-refractivity contribution >= 4 is 18.4 Å². The van der Waals surface area contributed by atoms with Crippen molar-refractivity contribution in [3.8, 4) is 0 Å². The first-order valence-corrected chi connectivity index (χ1v) is 7.81. The average molecular weight is 357 g/mol. The SMILES string of the molecule is Cl.O=C(O)C=C1CCC(CCN2CCN(C(F)(F)F)CC2)CC1. The Labute approximate surface area is 140 Å². The first-order valence-electron chi connectivity index (χ1n) is 7.81. The Morgan fingerprint density at radius 2 is 1.74 bits per heavy atom. The lowest BCUT2D eigenvalue weighted by atomic mass is 9.83. The maximum atomic E-state index is 12.5. The lowest BCUT2D eigenvalue weighted by Gasteiger charge is -2.36. The number of alkyl halides is 3. The van der Waals surface area contributed by atoms with Gasteiger partial charge in [-0.1, -0.05) is 5.57 Å². The zero-order chi connectivity index (χ0) is 16.2. The Hall–Kier alpha value is -0.790. The van der Waals surface area contributed by atoms with Crippen molar-refractivity contribution in [2.45, 2.75) is 38.4 Å². The van der Waals surface area contributed by atoms with Crippen LogP contribution in [0.2, 0.25) is 0 Å². The van der Waals surface area contributed by atoms with Crippen molar-refractivity contribution in [2.75, 3.05) is 32.7 Å². The molecule has 8 heteroatoms. The van der Waals surface area contributed by atoms with Crippen LogP contribution < -0.4 is 0 Å². The number of hydrogen-bond donors (Lipinski definition) is 1. The molecule has 2 fully saturated rings. The fourth-order valence-electron chi connectivity index (χ4n) is 3.25. The molecule has 23 heavy (non-hydrogen) atoms. The Bertz CT molecular complexity index is 411. The average Bonchev–Trinajstić information content (AvgIpc) is 2.45. The molecule has 1 saturated heterocycles. The van der Waals surface area contributed by atoms with E-state index < -0.39 is 12.3 Å². The number of hydrogen-bond acceptors (Lipinski definition) is 3. The summed E-state index contributed by atoms with van der Waals surface area (Å²) in [6, 6.07) is 0.